The number of aliphatic hydroxyl groups is 1. The summed E-state index contributed by atoms with van der Waals surface area (Å²) in [5.74, 6) is -2.00. The molecule has 0 aromatic heterocycles. The summed E-state index contributed by atoms with van der Waals surface area (Å²) in [5, 5.41) is 25.2. The Morgan fingerprint density at radius 3 is 2.57 bits per heavy atom. The number of aliphatic hydroxyl groups excluding tert-OH is 1. The smallest absolute Gasteiger partial charge is 0.356 e. The summed E-state index contributed by atoms with van der Waals surface area (Å²) in [6.45, 7) is 1.77. The average molecular weight is 524 g/mol. The molecule has 0 radical (unpaired) electrons. The number of benzene rings is 2. The highest BCUT2D eigenvalue weighted by Crippen LogP contribution is 2.47. The minimum atomic E-state index is -0.866. The van der Waals surface area contributed by atoms with Crippen LogP contribution in [0, 0.1) is 16.0 Å². The molecule has 2 aromatic rings. The summed E-state index contributed by atoms with van der Waals surface area (Å²) in [4.78, 5) is 50.1. The summed E-state index contributed by atoms with van der Waals surface area (Å²) in [5.41, 5.74) is 1.52. The van der Waals surface area contributed by atoms with Crippen LogP contribution in [0.5, 0.6) is 0 Å². The lowest BCUT2D eigenvalue weighted by Crippen LogP contribution is -2.61. The van der Waals surface area contributed by atoms with Crippen molar-refractivity contribution in [2.24, 2.45) is 5.92 Å². The number of non-ortho nitro benzene ring substituents is 1. The van der Waals surface area contributed by atoms with Crippen LogP contribution in [0.25, 0.3) is 0 Å². The number of hydrogen-bond donors (Lipinski definition) is 2. The number of ether oxygens (including phenoxy) is 1. The van der Waals surface area contributed by atoms with Crippen molar-refractivity contribution in [1.29, 1.82) is 0 Å². The molecule has 0 unspecified atom stereocenters. The number of hydrogen-bond acceptors (Lipinski definition) is 8. The topological polar surface area (TPSA) is 139 Å². The van der Waals surface area contributed by atoms with E-state index in [4.69, 9.17) is 4.74 Å². The highest BCUT2D eigenvalue weighted by Gasteiger charge is 2.56. The first-order valence-corrected chi connectivity index (χ1v) is 12.4. The molecule has 2 aliphatic rings. The molecule has 37 heavy (non-hydrogen) atoms. The maximum absolute atomic E-state index is 13.0. The molecule has 0 saturated carbocycles. The SMILES string of the molecule is C[C@H](O)[C@@H]1C(=O)N2C(C(=O)OCc3ccc([N+](=O)[O-])cc3)=C(S/C=C\C(=O)NCc3ccccc3)C[C@H]12. The highest BCUT2D eigenvalue weighted by atomic mass is 32.2. The van der Waals surface area contributed by atoms with Gasteiger partial charge in [0.1, 0.15) is 12.3 Å². The average Bonchev–Trinajstić information content (AvgIpc) is 3.20. The number of rotatable bonds is 10. The van der Waals surface area contributed by atoms with Crippen molar-refractivity contribution in [3.05, 3.63) is 97.9 Å². The molecular formula is C26H25N3O7S. The number of amides is 2. The zero-order valence-corrected chi connectivity index (χ0v) is 20.7. The molecule has 2 amide bonds. The van der Waals surface area contributed by atoms with Gasteiger partial charge >= 0.3 is 5.97 Å². The van der Waals surface area contributed by atoms with Gasteiger partial charge < -0.3 is 20.1 Å². The predicted octanol–water partition coefficient (Wildman–Crippen LogP) is 3.02. The van der Waals surface area contributed by atoms with Crippen molar-refractivity contribution in [3.8, 4) is 0 Å². The minimum absolute atomic E-state index is 0.0787. The number of nitrogens with zero attached hydrogens (tertiary/aromatic N) is 2. The van der Waals surface area contributed by atoms with Crippen molar-refractivity contribution in [2.75, 3.05) is 0 Å². The first-order valence-electron chi connectivity index (χ1n) is 11.6. The number of carbonyl (C=O) groups is 3. The zero-order valence-electron chi connectivity index (χ0n) is 19.9. The molecule has 1 fully saturated rings. The van der Waals surface area contributed by atoms with Gasteiger partial charge in [0.05, 0.1) is 23.0 Å². The van der Waals surface area contributed by atoms with Gasteiger partial charge in [0, 0.05) is 36.1 Å². The fraction of sp³-hybridized carbons (Fsp3) is 0.269. The second-order valence-corrected chi connectivity index (χ2v) is 9.64. The predicted molar refractivity (Wildman–Crippen MR) is 135 cm³/mol. The number of carbonyl (C=O) groups excluding carboxylic acids is 3. The Kier molecular flexibility index (Phi) is 8.04. The van der Waals surface area contributed by atoms with Crippen molar-refractivity contribution in [3.63, 3.8) is 0 Å². The van der Waals surface area contributed by atoms with Crippen LogP contribution < -0.4 is 5.32 Å². The van der Waals surface area contributed by atoms with E-state index in [2.05, 4.69) is 5.32 Å². The van der Waals surface area contributed by atoms with E-state index in [0.717, 1.165) is 17.3 Å². The number of nitro groups is 1. The largest absolute Gasteiger partial charge is 0.456 e. The molecule has 2 N–H and O–H groups in total. The van der Waals surface area contributed by atoms with Gasteiger partial charge in [-0.25, -0.2) is 4.79 Å². The number of esters is 1. The summed E-state index contributed by atoms with van der Waals surface area (Å²) < 4.78 is 5.41. The van der Waals surface area contributed by atoms with Gasteiger partial charge in [0.25, 0.3) is 5.69 Å². The molecule has 0 aliphatic carbocycles. The molecule has 11 heteroatoms. The molecule has 192 valence electrons. The molecule has 2 aromatic carbocycles. The Morgan fingerprint density at radius 1 is 1.22 bits per heavy atom. The third-order valence-corrected chi connectivity index (χ3v) is 7.05. The molecule has 2 heterocycles. The standard InChI is InChI=1S/C26H25N3O7S/c1-16(30)23-20-13-21(37-12-11-22(31)27-14-17-5-3-2-4-6-17)24(28(20)25(23)32)26(33)36-15-18-7-9-19(10-8-18)29(34)35/h2-12,16,20,23,30H,13-15H2,1H3,(H,27,31)/b12-11-/t16-,20+,23-/m0/s1. The van der Waals surface area contributed by atoms with Crippen molar-refractivity contribution < 1.29 is 29.2 Å². The van der Waals surface area contributed by atoms with Gasteiger partial charge in [-0.2, -0.15) is 0 Å². The molecule has 0 spiro atoms. The van der Waals surface area contributed by atoms with Gasteiger partial charge in [-0.05, 0) is 35.6 Å². The third kappa shape index (κ3) is 5.89. The Labute approximate surface area is 217 Å². The number of fused-ring (bicyclic) bond motifs is 1. The van der Waals surface area contributed by atoms with Crippen LogP contribution in [-0.4, -0.2) is 44.9 Å². The lowest BCUT2D eigenvalue weighted by molar-refractivity contribution is -0.384. The second-order valence-electron chi connectivity index (χ2n) is 8.64. The van der Waals surface area contributed by atoms with Crippen molar-refractivity contribution >= 4 is 35.2 Å². The molecule has 4 rings (SSSR count). The third-order valence-electron chi connectivity index (χ3n) is 6.14. The number of β-lactam (4-membered cyclic amide) rings is 1. The molecule has 0 bridgehead atoms. The molecular weight excluding hydrogens is 498 g/mol. The number of nitro benzene ring substituents is 1. The van der Waals surface area contributed by atoms with Crippen LogP contribution in [-0.2, 0) is 32.3 Å². The van der Waals surface area contributed by atoms with E-state index in [1.165, 1.54) is 42.2 Å². The molecule has 3 atom stereocenters. The van der Waals surface area contributed by atoms with E-state index in [1.807, 2.05) is 30.3 Å². The highest BCUT2D eigenvalue weighted by molar-refractivity contribution is 8.05. The number of nitrogens with one attached hydrogen (secondary N) is 1. The van der Waals surface area contributed by atoms with E-state index in [9.17, 15) is 29.6 Å². The van der Waals surface area contributed by atoms with Gasteiger partial charge in [0.15, 0.2) is 0 Å². The van der Waals surface area contributed by atoms with Crippen LogP contribution in [0.1, 0.15) is 24.5 Å². The number of thioether (sulfide) groups is 1. The molecule has 2 aliphatic heterocycles. The normalized spacial score (nSPS) is 19.4. The first kappa shape index (κ1) is 26.1. The molecule has 1 saturated heterocycles. The van der Waals surface area contributed by atoms with E-state index in [0.29, 0.717) is 23.4 Å². The van der Waals surface area contributed by atoms with Gasteiger partial charge in [-0.1, -0.05) is 42.1 Å². The molecule has 10 nitrogen and oxygen atoms in total. The Hall–Kier alpha value is -3.96. The van der Waals surface area contributed by atoms with Crippen LogP contribution in [0.15, 0.2) is 76.7 Å². The van der Waals surface area contributed by atoms with E-state index in [-0.39, 0.29) is 35.8 Å². The zero-order chi connectivity index (χ0) is 26.5. The van der Waals surface area contributed by atoms with Crippen LogP contribution in [0.3, 0.4) is 0 Å². The van der Waals surface area contributed by atoms with Crippen LogP contribution in [0.4, 0.5) is 5.69 Å². The Balaban J connectivity index is 1.42. The van der Waals surface area contributed by atoms with Crippen molar-refractivity contribution in [2.45, 2.75) is 38.6 Å². The quantitative estimate of drug-likeness (QED) is 0.159. The summed E-state index contributed by atoms with van der Waals surface area (Å²) >= 11 is 1.15. The van der Waals surface area contributed by atoms with Crippen molar-refractivity contribution in [1.82, 2.24) is 10.2 Å². The van der Waals surface area contributed by atoms with E-state index in [1.54, 1.807) is 5.41 Å². The van der Waals surface area contributed by atoms with Crippen LogP contribution >= 0.6 is 11.8 Å². The lowest BCUT2D eigenvalue weighted by Gasteiger charge is -2.44. The van der Waals surface area contributed by atoms with Gasteiger partial charge in [-0.3, -0.25) is 19.7 Å². The van der Waals surface area contributed by atoms with Gasteiger partial charge in [-0.15, -0.1) is 0 Å². The first-order chi connectivity index (χ1) is 17.8. The Morgan fingerprint density at radius 2 is 1.92 bits per heavy atom. The van der Waals surface area contributed by atoms with Gasteiger partial charge in [0.2, 0.25) is 11.8 Å². The lowest BCUT2D eigenvalue weighted by atomic mass is 9.83. The Bertz CT molecular complexity index is 1260. The summed E-state index contributed by atoms with van der Waals surface area (Å²) in [6, 6.07) is 14.7. The van der Waals surface area contributed by atoms with Crippen LogP contribution in [0.2, 0.25) is 0 Å². The van der Waals surface area contributed by atoms with E-state index < -0.39 is 22.9 Å². The second kappa shape index (κ2) is 11.4. The fourth-order valence-corrected chi connectivity index (χ4v) is 5.20. The maximum atomic E-state index is 13.0. The summed E-state index contributed by atoms with van der Waals surface area (Å²) in [7, 11) is 0. The monoisotopic (exact) mass is 523 g/mol. The minimum Gasteiger partial charge on any atom is -0.456 e. The summed E-state index contributed by atoms with van der Waals surface area (Å²) in [6.07, 6.45) is 0.836. The fourth-order valence-electron chi connectivity index (χ4n) is 4.28. The van der Waals surface area contributed by atoms with E-state index >= 15 is 0 Å². The maximum Gasteiger partial charge on any atom is 0.356 e.